The Morgan fingerprint density at radius 2 is 1.89 bits per heavy atom. The third kappa shape index (κ3) is 4.87. The maximum Gasteiger partial charge on any atom is 0.0254 e. The number of nitrogens with one attached hydrogen (secondary N) is 1. The van der Waals surface area contributed by atoms with E-state index in [1.54, 1.807) is 0 Å². The van der Waals surface area contributed by atoms with Crippen molar-refractivity contribution in [2.24, 2.45) is 11.3 Å². The molecule has 0 aromatic rings. The Labute approximate surface area is 114 Å². The lowest BCUT2D eigenvalue weighted by Gasteiger charge is -2.31. The predicted molar refractivity (Wildman–Crippen MR) is 80.0 cm³/mol. The molecule has 0 spiro atoms. The Hall–Kier alpha value is -0.120. The van der Waals surface area contributed by atoms with Gasteiger partial charge < -0.3 is 15.1 Å². The number of hydrogen-bond donors (Lipinski definition) is 1. The first-order valence-electron chi connectivity index (χ1n) is 7.33. The fraction of sp³-hybridized carbons (Fsp3) is 1.00. The number of rotatable bonds is 6. The van der Waals surface area contributed by atoms with Gasteiger partial charge in [-0.15, -0.1) is 0 Å². The molecule has 0 aromatic carbocycles. The molecule has 1 N–H and O–H groups in total. The van der Waals surface area contributed by atoms with E-state index in [0.717, 1.165) is 18.5 Å². The lowest BCUT2D eigenvalue weighted by molar-refractivity contribution is 0.187. The minimum atomic E-state index is 0.352. The average molecular weight is 255 g/mol. The molecule has 0 radical (unpaired) electrons. The molecule has 1 aliphatic heterocycles. The Morgan fingerprint density at radius 1 is 1.28 bits per heavy atom. The fourth-order valence-corrected chi connectivity index (χ4v) is 2.99. The zero-order valence-corrected chi connectivity index (χ0v) is 13.5. The molecular formula is C15H33N3. The molecule has 1 aliphatic rings. The Balaban J connectivity index is 2.43. The molecule has 0 saturated carbocycles. The van der Waals surface area contributed by atoms with Crippen molar-refractivity contribution in [1.82, 2.24) is 15.1 Å². The van der Waals surface area contributed by atoms with E-state index in [0.29, 0.717) is 11.5 Å². The highest BCUT2D eigenvalue weighted by molar-refractivity contribution is 4.89. The molecule has 1 rings (SSSR count). The first kappa shape index (κ1) is 15.9. The van der Waals surface area contributed by atoms with Gasteiger partial charge in [-0.25, -0.2) is 0 Å². The number of likely N-dealkylation sites (tertiary alicyclic amines) is 1. The van der Waals surface area contributed by atoms with Gasteiger partial charge >= 0.3 is 0 Å². The fourth-order valence-electron chi connectivity index (χ4n) is 2.99. The van der Waals surface area contributed by atoms with Crippen LogP contribution in [0.5, 0.6) is 0 Å². The van der Waals surface area contributed by atoms with Crippen LogP contribution in [0.2, 0.25) is 0 Å². The van der Waals surface area contributed by atoms with Gasteiger partial charge in [0.15, 0.2) is 0 Å². The Bertz CT molecular complexity index is 248. The topological polar surface area (TPSA) is 18.5 Å². The first-order valence-corrected chi connectivity index (χ1v) is 7.33. The monoisotopic (exact) mass is 255 g/mol. The van der Waals surface area contributed by atoms with E-state index < -0.39 is 0 Å². The van der Waals surface area contributed by atoms with Crippen molar-refractivity contribution in [3.8, 4) is 0 Å². The van der Waals surface area contributed by atoms with Crippen molar-refractivity contribution < 1.29 is 0 Å². The number of hydrogen-bond acceptors (Lipinski definition) is 3. The normalized spacial score (nSPS) is 26.5. The van der Waals surface area contributed by atoms with Crippen LogP contribution in [0.25, 0.3) is 0 Å². The Morgan fingerprint density at radius 3 is 2.33 bits per heavy atom. The SMILES string of the molecule is CC(C)NCC(C)(C)CN1CC(C)C(N(C)C)C1. The van der Waals surface area contributed by atoms with Gasteiger partial charge in [0.1, 0.15) is 0 Å². The van der Waals surface area contributed by atoms with Crippen molar-refractivity contribution in [3.63, 3.8) is 0 Å². The van der Waals surface area contributed by atoms with Crippen LogP contribution in [-0.4, -0.2) is 62.2 Å². The van der Waals surface area contributed by atoms with Crippen molar-refractivity contribution >= 4 is 0 Å². The van der Waals surface area contributed by atoms with Crippen molar-refractivity contribution in [2.75, 3.05) is 40.3 Å². The van der Waals surface area contributed by atoms with Gasteiger partial charge in [-0.1, -0.05) is 34.6 Å². The quantitative estimate of drug-likeness (QED) is 0.782. The summed E-state index contributed by atoms with van der Waals surface area (Å²) in [7, 11) is 4.41. The second kappa shape index (κ2) is 6.36. The summed E-state index contributed by atoms with van der Waals surface area (Å²) in [5.74, 6) is 0.786. The molecule has 0 aromatic heterocycles. The van der Waals surface area contributed by atoms with Crippen LogP contribution in [0.4, 0.5) is 0 Å². The summed E-state index contributed by atoms with van der Waals surface area (Å²) in [5, 5.41) is 3.57. The highest BCUT2D eigenvalue weighted by Gasteiger charge is 2.33. The minimum Gasteiger partial charge on any atom is -0.314 e. The van der Waals surface area contributed by atoms with Crippen LogP contribution >= 0.6 is 0 Å². The summed E-state index contributed by atoms with van der Waals surface area (Å²) < 4.78 is 0. The van der Waals surface area contributed by atoms with Gasteiger partial charge in [-0.3, -0.25) is 0 Å². The van der Waals surface area contributed by atoms with Gasteiger partial charge in [-0.05, 0) is 25.4 Å². The number of nitrogens with zero attached hydrogens (tertiary/aromatic N) is 2. The summed E-state index contributed by atoms with van der Waals surface area (Å²) >= 11 is 0. The van der Waals surface area contributed by atoms with Gasteiger partial charge in [0, 0.05) is 38.3 Å². The lowest BCUT2D eigenvalue weighted by Crippen LogP contribution is -2.42. The van der Waals surface area contributed by atoms with Crippen molar-refractivity contribution in [3.05, 3.63) is 0 Å². The van der Waals surface area contributed by atoms with Crippen LogP contribution < -0.4 is 5.32 Å². The zero-order chi connectivity index (χ0) is 13.9. The van der Waals surface area contributed by atoms with Crippen molar-refractivity contribution in [2.45, 2.75) is 46.7 Å². The van der Waals surface area contributed by atoms with E-state index in [1.165, 1.54) is 19.6 Å². The maximum atomic E-state index is 3.57. The highest BCUT2D eigenvalue weighted by atomic mass is 15.2. The summed E-state index contributed by atoms with van der Waals surface area (Å²) in [5.41, 5.74) is 0.352. The average Bonchev–Trinajstić information content (AvgIpc) is 2.56. The van der Waals surface area contributed by atoms with E-state index >= 15 is 0 Å². The van der Waals surface area contributed by atoms with E-state index in [4.69, 9.17) is 0 Å². The molecule has 0 bridgehead atoms. The standard InChI is InChI=1S/C15H33N3/c1-12(2)16-10-15(4,5)11-18-8-13(3)14(9-18)17(6)7/h12-14,16H,8-11H2,1-7H3. The van der Waals surface area contributed by atoms with Crippen LogP contribution in [0, 0.1) is 11.3 Å². The first-order chi connectivity index (χ1) is 8.21. The van der Waals surface area contributed by atoms with Gasteiger partial charge in [-0.2, -0.15) is 0 Å². The van der Waals surface area contributed by atoms with Crippen LogP contribution in [0.1, 0.15) is 34.6 Å². The molecule has 3 heteroatoms. The van der Waals surface area contributed by atoms with Gasteiger partial charge in [0.25, 0.3) is 0 Å². The van der Waals surface area contributed by atoms with Crippen LogP contribution in [0.15, 0.2) is 0 Å². The second-order valence-electron chi connectivity index (χ2n) is 7.40. The largest absolute Gasteiger partial charge is 0.314 e. The minimum absolute atomic E-state index is 0.352. The number of likely N-dealkylation sites (N-methyl/N-ethyl adjacent to an activating group) is 1. The molecular weight excluding hydrogens is 222 g/mol. The molecule has 2 unspecified atom stereocenters. The molecule has 1 saturated heterocycles. The van der Waals surface area contributed by atoms with Crippen molar-refractivity contribution in [1.29, 1.82) is 0 Å². The summed E-state index contributed by atoms with van der Waals surface area (Å²) in [6.07, 6.45) is 0. The van der Waals surface area contributed by atoms with Crippen LogP contribution in [-0.2, 0) is 0 Å². The predicted octanol–water partition coefficient (Wildman–Crippen LogP) is 1.89. The smallest absolute Gasteiger partial charge is 0.0254 e. The molecule has 1 heterocycles. The molecule has 1 fully saturated rings. The highest BCUT2D eigenvalue weighted by Crippen LogP contribution is 2.24. The molecule has 2 atom stereocenters. The van der Waals surface area contributed by atoms with E-state index in [2.05, 4.69) is 63.8 Å². The Kier molecular flexibility index (Phi) is 5.63. The third-order valence-corrected chi connectivity index (χ3v) is 3.95. The third-order valence-electron chi connectivity index (χ3n) is 3.95. The zero-order valence-electron chi connectivity index (χ0n) is 13.5. The summed E-state index contributed by atoms with van der Waals surface area (Å²) in [6, 6.07) is 1.30. The lowest BCUT2D eigenvalue weighted by atomic mass is 9.92. The second-order valence-corrected chi connectivity index (χ2v) is 7.40. The summed E-state index contributed by atoms with van der Waals surface area (Å²) in [4.78, 5) is 5.02. The molecule has 0 aliphatic carbocycles. The van der Waals surface area contributed by atoms with E-state index in [9.17, 15) is 0 Å². The van der Waals surface area contributed by atoms with E-state index in [-0.39, 0.29) is 0 Å². The molecule has 18 heavy (non-hydrogen) atoms. The molecule has 0 amide bonds. The van der Waals surface area contributed by atoms with Gasteiger partial charge in [0.05, 0.1) is 0 Å². The molecule has 108 valence electrons. The maximum absolute atomic E-state index is 3.57. The van der Waals surface area contributed by atoms with Crippen LogP contribution in [0.3, 0.4) is 0 Å². The van der Waals surface area contributed by atoms with E-state index in [1.807, 2.05) is 0 Å². The molecule has 3 nitrogen and oxygen atoms in total. The summed E-state index contributed by atoms with van der Waals surface area (Å²) in [6.45, 7) is 16.3. The van der Waals surface area contributed by atoms with Gasteiger partial charge in [0.2, 0.25) is 0 Å².